The van der Waals surface area contributed by atoms with Gasteiger partial charge in [0.25, 0.3) is 5.69 Å². The minimum atomic E-state index is -0.611. The Morgan fingerprint density at radius 1 is 1.15 bits per heavy atom. The number of nitro benzene ring substituents is 1. The molecule has 0 spiro atoms. The van der Waals surface area contributed by atoms with Crippen LogP contribution < -0.4 is 0 Å². The van der Waals surface area contributed by atoms with Crippen molar-refractivity contribution in [2.24, 2.45) is 0 Å². The number of rotatable bonds is 8. The van der Waals surface area contributed by atoms with Crippen LogP contribution in [0.3, 0.4) is 0 Å². The average Bonchev–Trinajstić information content (AvgIpc) is 2.53. The number of phenolic OH excluding ortho intramolecular Hbond substituents is 1. The van der Waals surface area contributed by atoms with E-state index in [9.17, 15) is 20.0 Å². The first-order valence-electron chi connectivity index (χ1n) is 8.15. The largest absolute Gasteiger partial charge is 0.507 e. The zero-order chi connectivity index (χ0) is 18.8. The number of hydrogen-bond acceptors (Lipinski definition) is 9. The summed E-state index contributed by atoms with van der Waals surface area (Å²) in [6, 6.07) is 2.28. The standard InChI is InChI=1S/C16H20N2O8/c1-9-23-14(24-9)6-17(7-15-25-10(2)26-15)5-11-3-13(18(21)22)4-12(8-19)16(11)20/h3-4,8-10,14-15,20H,5-7H2,1-2H3. The highest BCUT2D eigenvalue weighted by Gasteiger charge is 2.33. The number of nitro groups is 1. The molecule has 0 aliphatic carbocycles. The molecule has 2 saturated heterocycles. The number of non-ortho nitro benzene ring substituents is 1. The van der Waals surface area contributed by atoms with E-state index < -0.39 is 17.5 Å². The second-order valence-corrected chi connectivity index (χ2v) is 6.15. The van der Waals surface area contributed by atoms with Crippen molar-refractivity contribution in [3.05, 3.63) is 33.4 Å². The number of hydrogen-bond donors (Lipinski definition) is 1. The summed E-state index contributed by atoms with van der Waals surface area (Å²) in [5.41, 5.74) is -0.154. The maximum atomic E-state index is 11.1. The Morgan fingerprint density at radius 3 is 2.12 bits per heavy atom. The molecule has 0 aromatic heterocycles. The summed E-state index contributed by atoms with van der Waals surface area (Å²) in [4.78, 5) is 23.4. The molecule has 2 heterocycles. The van der Waals surface area contributed by atoms with Gasteiger partial charge in [0.05, 0.1) is 23.6 Å². The lowest BCUT2D eigenvalue weighted by Gasteiger charge is -2.40. The van der Waals surface area contributed by atoms with Crippen LogP contribution in [-0.4, -0.2) is 59.5 Å². The van der Waals surface area contributed by atoms with Gasteiger partial charge in [-0.1, -0.05) is 0 Å². The summed E-state index contributed by atoms with van der Waals surface area (Å²) in [5, 5.41) is 21.3. The van der Waals surface area contributed by atoms with Gasteiger partial charge in [-0.15, -0.1) is 0 Å². The van der Waals surface area contributed by atoms with Gasteiger partial charge in [-0.25, -0.2) is 0 Å². The van der Waals surface area contributed by atoms with Crippen LogP contribution in [0.1, 0.15) is 29.8 Å². The number of aromatic hydroxyl groups is 1. The second-order valence-electron chi connectivity index (χ2n) is 6.15. The molecule has 0 radical (unpaired) electrons. The van der Waals surface area contributed by atoms with Crippen LogP contribution >= 0.6 is 0 Å². The van der Waals surface area contributed by atoms with Crippen molar-refractivity contribution >= 4 is 12.0 Å². The molecule has 0 bridgehead atoms. The number of phenols is 1. The molecule has 0 atom stereocenters. The van der Waals surface area contributed by atoms with Gasteiger partial charge in [-0.2, -0.15) is 0 Å². The minimum Gasteiger partial charge on any atom is -0.507 e. The highest BCUT2D eigenvalue weighted by Crippen LogP contribution is 2.30. The molecule has 1 aromatic carbocycles. The van der Waals surface area contributed by atoms with Crippen LogP contribution in [0, 0.1) is 10.1 Å². The molecule has 3 rings (SSSR count). The number of carbonyl (C=O) groups excluding carboxylic acids is 1. The van der Waals surface area contributed by atoms with Crippen LogP contribution in [0.25, 0.3) is 0 Å². The van der Waals surface area contributed by atoms with Gasteiger partial charge < -0.3 is 24.1 Å². The summed E-state index contributed by atoms with van der Waals surface area (Å²) < 4.78 is 21.7. The maximum Gasteiger partial charge on any atom is 0.270 e. The molecule has 2 fully saturated rings. The van der Waals surface area contributed by atoms with Gasteiger partial charge >= 0.3 is 0 Å². The molecule has 0 amide bonds. The number of ether oxygens (including phenoxy) is 4. The van der Waals surface area contributed by atoms with E-state index in [4.69, 9.17) is 18.9 Å². The van der Waals surface area contributed by atoms with Crippen LogP contribution in [-0.2, 0) is 25.5 Å². The quantitative estimate of drug-likeness (QED) is 0.412. The van der Waals surface area contributed by atoms with Crippen LogP contribution in [0.15, 0.2) is 12.1 Å². The topological polar surface area (TPSA) is 121 Å². The smallest absolute Gasteiger partial charge is 0.270 e. The maximum absolute atomic E-state index is 11.1. The molecule has 0 unspecified atom stereocenters. The molecule has 1 aromatic rings. The second kappa shape index (κ2) is 7.64. The van der Waals surface area contributed by atoms with E-state index in [1.165, 1.54) is 6.07 Å². The van der Waals surface area contributed by atoms with Gasteiger partial charge in [0, 0.05) is 24.2 Å². The molecule has 1 N–H and O–H groups in total. The third-order valence-electron chi connectivity index (χ3n) is 4.12. The fraction of sp³-hybridized carbons (Fsp3) is 0.562. The Balaban J connectivity index is 1.77. The van der Waals surface area contributed by atoms with Crippen molar-refractivity contribution in [2.45, 2.75) is 45.6 Å². The SMILES string of the molecule is CC1OC(CN(Cc2cc([N+](=O)[O-])cc(C=O)c2O)CC2OC(C)O2)O1. The summed E-state index contributed by atoms with van der Waals surface area (Å²) in [6.45, 7) is 4.36. The predicted molar refractivity (Wildman–Crippen MR) is 86.3 cm³/mol. The number of aldehydes is 1. The van der Waals surface area contributed by atoms with Crippen LogP contribution in [0.5, 0.6) is 5.75 Å². The van der Waals surface area contributed by atoms with E-state index in [1.807, 2.05) is 4.90 Å². The molecular weight excluding hydrogens is 348 g/mol. The van der Waals surface area contributed by atoms with E-state index >= 15 is 0 Å². The number of benzene rings is 1. The average molecular weight is 368 g/mol. The van der Waals surface area contributed by atoms with Crippen molar-refractivity contribution in [2.75, 3.05) is 13.1 Å². The molecule has 10 nitrogen and oxygen atoms in total. The first kappa shape index (κ1) is 18.7. The lowest BCUT2D eigenvalue weighted by Crippen LogP contribution is -2.51. The van der Waals surface area contributed by atoms with Crippen LogP contribution in [0.2, 0.25) is 0 Å². The van der Waals surface area contributed by atoms with Gasteiger partial charge in [0.2, 0.25) is 0 Å². The molecule has 26 heavy (non-hydrogen) atoms. The number of nitrogens with zero attached hydrogens (tertiary/aromatic N) is 2. The van der Waals surface area contributed by atoms with Crippen molar-refractivity contribution < 1.29 is 33.8 Å². The molecule has 2 aliphatic rings. The lowest BCUT2D eigenvalue weighted by molar-refractivity contribution is -0.391. The fourth-order valence-electron chi connectivity index (χ4n) is 2.93. The third-order valence-corrected chi connectivity index (χ3v) is 4.12. The molecule has 0 saturated carbocycles. The Morgan fingerprint density at radius 2 is 1.69 bits per heavy atom. The lowest BCUT2D eigenvalue weighted by atomic mass is 10.1. The van der Waals surface area contributed by atoms with Gasteiger partial charge in [0.15, 0.2) is 31.4 Å². The first-order valence-corrected chi connectivity index (χ1v) is 8.15. The monoisotopic (exact) mass is 368 g/mol. The summed E-state index contributed by atoms with van der Waals surface area (Å²) in [7, 11) is 0. The third kappa shape index (κ3) is 4.17. The van der Waals surface area contributed by atoms with Crippen molar-refractivity contribution in [1.29, 1.82) is 0 Å². The van der Waals surface area contributed by atoms with E-state index in [-0.39, 0.29) is 41.7 Å². The zero-order valence-electron chi connectivity index (χ0n) is 14.4. The van der Waals surface area contributed by atoms with Crippen molar-refractivity contribution in [3.63, 3.8) is 0 Å². The summed E-state index contributed by atoms with van der Waals surface area (Å²) in [6.07, 6.45) is -1.09. The van der Waals surface area contributed by atoms with Gasteiger partial charge in [0.1, 0.15) is 5.75 Å². The Labute approximate surface area is 149 Å². The summed E-state index contributed by atoms with van der Waals surface area (Å²) >= 11 is 0. The van der Waals surface area contributed by atoms with Gasteiger partial charge in [-0.3, -0.25) is 19.8 Å². The predicted octanol–water partition coefficient (Wildman–Crippen LogP) is 1.35. The van der Waals surface area contributed by atoms with E-state index in [0.29, 0.717) is 19.4 Å². The highest BCUT2D eigenvalue weighted by molar-refractivity contribution is 5.81. The Hall–Kier alpha value is -2.11. The Kier molecular flexibility index (Phi) is 5.49. The van der Waals surface area contributed by atoms with E-state index in [1.54, 1.807) is 13.8 Å². The van der Waals surface area contributed by atoms with E-state index in [2.05, 4.69) is 0 Å². The molecule has 2 aliphatic heterocycles. The van der Waals surface area contributed by atoms with Crippen molar-refractivity contribution in [1.82, 2.24) is 4.90 Å². The van der Waals surface area contributed by atoms with Crippen LogP contribution in [0.4, 0.5) is 5.69 Å². The van der Waals surface area contributed by atoms with E-state index in [0.717, 1.165) is 6.07 Å². The molecular formula is C16H20N2O8. The highest BCUT2D eigenvalue weighted by atomic mass is 16.9. The van der Waals surface area contributed by atoms with Crippen molar-refractivity contribution in [3.8, 4) is 5.75 Å². The van der Waals surface area contributed by atoms with Gasteiger partial charge in [-0.05, 0) is 13.8 Å². The Bertz CT molecular complexity index is 665. The minimum absolute atomic E-state index is 0.129. The molecule has 10 heteroatoms. The summed E-state index contributed by atoms with van der Waals surface area (Å²) in [5.74, 6) is -0.289. The molecule has 142 valence electrons. The number of carbonyl (C=O) groups is 1. The first-order chi connectivity index (χ1) is 12.4. The zero-order valence-corrected chi connectivity index (χ0v) is 14.4. The fourth-order valence-corrected chi connectivity index (χ4v) is 2.93. The normalized spacial score (nSPS) is 27.7.